The van der Waals surface area contributed by atoms with Crippen LogP contribution < -0.4 is 4.90 Å². The van der Waals surface area contributed by atoms with Crippen LogP contribution >= 0.6 is 0 Å². The molecule has 0 spiro atoms. The Kier molecular flexibility index (Phi) is 2.78. The molecule has 0 aromatic heterocycles. The van der Waals surface area contributed by atoms with Gasteiger partial charge in [-0.05, 0) is 25.1 Å². The summed E-state index contributed by atoms with van der Waals surface area (Å²) in [6.45, 7) is 1.98. The first-order chi connectivity index (χ1) is 10.7. The van der Waals surface area contributed by atoms with E-state index in [1.54, 1.807) is 17.0 Å². The van der Waals surface area contributed by atoms with Crippen LogP contribution in [0.15, 0.2) is 48.5 Å². The second kappa shape index (κ2) is 4.69. The van der Waals surface area contributed by atoms with Crippen molar-refractivity contribution in [1.82, 2.24) is 0 Å². The Morgan fingerprint density at radius 2 is 1.91 bits per heavy atom. The number of rotatable bonds is 1. The summed E-state index contributed by atoms with van der Waals surface area (Å²) in [6.07, 6.45) is -0.266. The molecule has 2 aliphatic rings. The van der Waals surface area contributed by atoms with Gasteiger partial charge in [-0.3, -0.25) is 9.69 Å². The van der Waals surface area contributed by atoms with Gasteiger partial charge in [-0.1, -0.05) is 35.9 Å². The number of amides is 1. The van der Waals surface area contributed by atoms with E-state index in [-0.39, 0.29) is 18.1 Å². The van der Waals surface area contributed by atoms with Gasteiger partial charge in [-0.2, -0.15) is 5.26 Å². The van der Waals surface area contributed by atoms with E-state index in [0.29, 0.717) is 5.56 Å². The van der Waals surface area contributed by atoms with Crippen LogP contribution in [0.4, 0.5) is 5.69 Å². The van der Waals surface area contributed by atoms with Gasteiger partial charge in [0.1, 0.15) is 12.2 Å². The number of nitrogens with zero attached hydrogens (tertiary/aromatic N) is 2. The van der Waals surface area contributed by atoms with E-state index in [9.17, 15) is 10.1 Å². The van der Waals surface area contributed by atoms with E-state index >= 15 is 0 Å². The summed E-state index contributed by atoms with van der Waals surface area (Å²) in [6, 6.07) is 16.7. The van der Waals surface area contributed by atoms with Crippen molar-refractivity contribution >= 4 is 11.6 Å². The largest absolute Gasteiger partial charge is 0.361 e. The number of nitriles is 1. The van der Waals surface area contributed by atoms with Gasteiger partial charge < -0.3 is 4.74 Å². The van der Waals surface area contributed by atoms with E-state index in [1.807, 2.05) is 43.3 Å². The number of hydrogen-bond donors (Lipinski definition) is 0. The summed E-state index contributed by atoms with van der Waals surface area (Å²) in [5.41, 5.74) is 3.44. The molecule has 4 rings (SSSR count). The van der Waals surface area contributed by atoms with Crippen molar-refractivity contribution in [2.24, 2.45) is 0 Å². The topological polar surface area (TPSA) is 56.6 Å². The summed E-state index contributed by atoms with van der Waals surface area (Å²) < 4.78 is 5.63. The molecule has 3 unspecified atom stereocenters. The predicted octanol–water partition coefficient (Wildman–Crippen LogP) is 2.99. The summed E-state index contributed by atoms with van der Waals surface area (Å²) in [5, 5.41) is 9.50. The maximum atomic E-state index is 12.9. The van der Waals surface area contributed by atoms with Crippen LogP contribution in [0.1, 0.15) is 27.6 Å². The SMILES string of the molecule is Cc1ccc(C(=O)N2c3ccccc3C3OC3C2C#N)cc1. The van der Waals surface area contributed by atoms with Gasteiger partial charge in [0.2, 0.25) is 0 Å². The zero-order chi connectivity index (χ0) is 15.3. The van der Waals surface area contributed by atoms with Crippen molar-refractivity contribution < 1.29 is 9.53 Å². The number of benzene rings is 2. The highest BCUT2D eigenvalue weighted by Crippen LogP contribution is 2.51. The van der Waals surface area contributed by atoms with Crippen molar-refractivity contribution in [1.29, 1.82) is 5.26 Å². The quantitative estimate of drug-likeness (QED) is 0.759. The Morgan fingerprint density at radius 3 is 2.64 bits per heavy atom. The van der Waals surface area contributed by atoms with Gasteiger partial charge in [0.25, 0.3) is 5.91 Å². The third-order valence-electron chi connectivity index (χ3n) is 4.27. The van der Waals surface area contributed by atoms with Gasteiger partial charge in [0.05, 0.1) is 11.8 Å². The highest BCUT2D eigenvalue weighted by Gasteiger charge is 2.55. The van der Waals surface area contributed by atoms with E-state index in [2.05, 4.69) is 6.07 Å². The first-order valence-corrected chi connectivity index (χ1v) is 7.25. The molecule has 0 bridgehead atoms. The van der Waals surface area contributed by atoms with Crippen LogP contribution in [0, 0.1) is 18.3 Å². The lowest BCUT2D eigenvalue weighted by Crippen LogP contribution is -2.45. The zero-order valence-corrected chi connectivity index (χ0v) is 12.1. The summed E-state index contributed by atoms with van der Waals surface area (Å²) in [7, 11) is 0. The van der Waals surface area contributed by atoms with Crippen molar-refractivity contribution in [3.8, 4) is 6.07 Å². The van der Waals surface area contributed by atoms with Gasteiger partial charge in [-0.15, -0.1) is 0 Å². The molecule has 1 amide bonds. The molecule has 4 heteroatoms. The van der Waals surface area contributed by atoms with Crippen molar-refractivity contribution in [2.75, 3.05) is 4.90 Å². The van der Waals surface area contributed by atoms with Gasteiger partial charge >= 0.3 is 0 Å². The Hall–Kier alpha value is -2.64. The number of aryl methyl sites for hydroxylation is 1. The number of hydrogen-bond acceptors (Lipinski definition) is 3. The lowest BCUT2D eigenvalue weighted by Gasteiger charge is -2.31. The smallest absolute Gasteiger partial charge is 0.259 e. The molecule has 3 atom stereocenters. The minimum atomic E-state index is -0.575. The number of para-hydroxylation sites is 1. The van der Waals surface area contributed by atoms with Gasteiger partial charge in [0.15, 0.2) is 6.04 Å². The second-order valence-electron chi connectivity index (χ2n) is 5.70. The molecule has 108 valence electrons. The van der Waals surface area contributed by atoms with Crippen molar-refractivity contribution in [3.63, 3.8) is 0 Å². The van der Waals surface area contributed by atoms with E-state index in [4.69, 9.17) is 4.74 Å². The summed E-state index contributed by atoms with van der Waals surface area (Å²) in [5.74, 6) is -0.159. The average molecular weight is 290 g/mol. The molecule has 1 saturated heterocycles. The molecule has 2 aromatic rings. The summed E-state index contributed by atoms with van der Waals surface area (Å²) in [4.78, 5) is 14.5. The Balaban J connectivity index is 1.80. The fraction of sp³-hybridized carbons (Fsp3) is 0.222. The van der Waals surface area contributed by atoms with E-state index in [1.165, 1.54) is 0 Å². The van der Waals surface area contributed by atoms with E-state index < -0.39 is 6.04 Å². The fourth-order valence-electron chi connectivity index (χ4n) is 3.06. The third kappa shape index (κ3) is 1.83. The lowest BCUT2D eigenvalue weighted by molar-refractivity contribution is 0.0977. The molecule has 1 fully saturated rings. The predicted molar refractivity (Wildman–Crippen MR) is 81.4 cm³/mol. The normalized spacial score (nSPS) is 24.9. The Labute approximate surface area is 128 Å². The Morgan fingerprint density at radius 1 is 1.18 bits per heavy atom. The fourth-order valence-corrected chi connectivity index (χ4v) is 3.06. The molecular formula is C18H14N2O2. The van der Waals surface area contributed by atoms with E-state index in [0.717, 1.165) is 16.8 Å². The highest BCUT2D eigenvalue weighted by molar-refractivity contribution is 6.08. The standard InChI is InChI=1S/C18H14N2O2/c1-11-6-8-12(9-7-11)18(21)20-14-5-3-2-4-13(14)16-17(22-16)15(20)10-19/h2-9,15-17H,1H3. The maximum Gasteiger partial charge on any atom is 0.259 e. The molecule has 2 aromatic carbocycles. The molecule has 2 aliphatic heterocycles. The number of fused-ring (bicyclic) bond motifs is 3. The van der Waals surface area contributed by atoms with Crippen molar-refractivity contribution in [2.45, 2.75) is 25.2 Å². The minimum absolute atomic E-state index is 0.0529. The van der Waals surface area contributed by atoms with Crippen LogP contribution in [0.5, 0.6) is 0 Å². The molecule has 4 nitrogen and oxygen atoms in total. The monoisotopic (exact) mass is 290 g/mol. The number of anilines is 1. The number of ether oxygens (including phenoxy) is 1. The molecule has 22 heavy (non-hydrogen) atoms. The molecular weight excluding hydrogens is 276 g/mol. The average Bonchev–Trinajstić information content (AvgIpc) is 3.34. The van der Waals surface area contributed by atoms with Crippen LogP contribution in [0.3, 0.4) is 0 Å². The number of carbonyl (C=O) groups excluding carboxylic acids is 1. The molecule has 0 radical (unpaired) electrons. The Bertz CT molecular complexity index is 791. The third-order valence-corrected chi connectivity index (χ3v) is 4.27. The van der Waals surface area contributed by atoms with Gasteiger partial charge in [0, 0.05) is 11.1 Å². The van der Waals surface area contributed by atoms with Crippen LogP contribution in [-0.4, -0.2) is 18.1 Å². The van der Waals surface area contributed by atoms with Crippen molar-refractivity contribution in [3.05, 3.63) is 65.2 Å². The van der Waals surface area contributed by atoms with Gasteiger partial charge in [-0.25, -0.2) is 0 Å². The maximum absolute atomic E-state index is 12.9. The molecule has 0 N–H and O–H groups in total. The molecule has 0 saturated carbocycles. The lowest BCUT2D eigenvalue weighted by atomic mass is 9.95. The number of epoxide rings is 1. The highest BCUT2D eigenvalue weighted by atomic mass is 16.6. The molecule has 2 heterocycles. The minimum Gasteiger partial charge on any atom is -0.361 e. The molecule has 0 aliphatic carbocycles. The first kappa shape index (κ1) is 13.1. The second-order valence-corrected chi connectivity index (χ2v) is 5.70. The zero-order valence-electron chi connectivity index (χ0n) is 12.1. The van der Waals surface area contributed by atoms with Crippen LogP contribution in [-0.2, 0) is 4.74 Å². The summed E-state index contributed by atoms with van der Waals surface area (Å²) >= 11 is 0. The van der Waals surface area contributed by atoms with Crippen LogP contribution in [0.25, 0.3) is 0 Å². The first-order valence-electron chi connectivity index (χ1n) is 7.25. The number of carbonyl (C=O) groups is 1. The van der Waals surface area contributed by atoms with Crippen LogP contribution in [0.2, 0.25) is 0 Å².